The van der Waals surface area contributed by atoms with Gasteiger partial charge in [-0.1, -0.05) is 18.9 Å². The van der Waals surface area contributed by atoms with Gasteiger partial charge in [-0.3, -0.25) is 0 Å². The summed E-state index contributed by atoms with van der Waals surface area (Å²) in [6.45, 7) is 1.67. The molecule has 0 aliphatic rings. The Morgan fingerprint density at radius 3 is 2.67 bits per heavy atom. The van der Waals surface area contributed by atoms with Crippen molar-refractivity contribution in [3.63, 3.8) is 0 Å². The topological polar surface area (TPSA) is 38.0 Å². The molecule has 0 amide bonds. The number of nitrogens with two attached hydrogens (primary N) is 1. The van der Waals surface area contributed by atoms with Gasteiger partial charge in [0.25, 0.3) is 0 Å². The lowest BCUT2D eigenvalue weighted by molar-refractivity contribution is 0.627. The van der Waals surface area contributed by atoms with E-state index in [2.05, 4.69) is 5.32 Å². The number of halogens is 1. The first-order valence-electron chi connectivity index (χ1n) is 5.52. The number of unbranched alkanes of at least 4 members (excludes halogenated alkanes) is 3. The first kappa shape index (κ1) is 12.0. The predicted molar refractivity (Wildman–Crippen MR) is 62.4 cm³/mol. The van der Waals surface area contributed by atoms with Crippen LogP contribution in [-0.4, -0.2) is 13.1 Å². The summed E-state index contributed by atoms with van der Waals surface area (Å²) in [5.41, 5.74) is 6.25. The van der Waals surface area contributed by atoms with Gasteiger partial charge in [0.1, 0.15) is 5.82 Å². The minimum Gasteiger partial charge on any atom is -0.385 e. The molecule has 0 saturated carbocycles. The zero-order chi connectivity index (χ0) is 10.9. The third-order valence-electron chi connectivity index (χ3n) is 2.28. The molecule has 3 N–H and O–H groups in total. The van der Waals surface area contributed by atoms with Gasteiger partial charge in [0, 0.05) is 12.2 Å². The summed E-state index contributed by atoms with van der Waals surface area (Å²) in [6.07, 6.45) is 4.57. The van der Waals surface area contributed by atoms with Crippen molar-refractivity contribution >= 4 is 5.69 Å². The Kier molecular flexibility index (Phi) is 5.78. The smallest absolute Gasteiger partial charge is 0.125 e. The Bertz CT molecular complexity index is 276. The van der Waals surface area contributed by atoms with Crippen LogP contribution < -0.4 is 11.1 Å². The number of hydrogen-bond acceptors (Lipinski definition) is 2. The van der Waals surface area contributed by atoms with E-state index in [1.165, 1.54) is 25.0 Å². The highest BCUT2D eigenvalue weighted by molar-refractivity contribution is 5.42. The van der Waals surface area contributed by atoms with Gasteiger partial charge in [-0.2, -0.15) is 0 Å². The normalized spacial score (nSPS) is 10.3. The SMILES string of the molecule is NCCCCCCNc1cccc(F)c1. The van der Waals surface area contributed by atoms with E-state index in [1.807, 2.05) is 6.07 Å². The van der Waals surface area contributed by atoms with Crippen LogP contribution >= 0.6 is 0 Å². The molecule has 0 aliphatic heterocycles. The summed E-state index contributed by atoms with van der Waals surface area (Å²) in [6, 6.07) is 6.56. The maximum absolute atomic E-state index is 12.8. The van der Waals surface area contributed by atoms with E-state index < -0.39 is 0 Å². The molecule has 3 heteroatoms. The van der Waals surface area contributed by atoms with Crippen LogP contribution in [0.1, 0.15) is 25.7 Å². The van der Waals surface area contributed by atoms with E-state index >= 15 is 0 Å². The molecule has 0 saturated heterocycles. The summed E-state index contributed by atoms with van der Waals surface area (Å²) < 4.78 is 12.8. The zero-order valence-corrected chi connectivity index (χ0v) is 9.01. The average Bonchev–Trinajstić information content (AvgIpc) is 2.23. The van der Waals surface area contributed by atoms with E-state index in [9.17, 15) is 4.39 Å². The Balaban J connectivity index is 2.10. The molecular formula is C12H19FN2. The van der Waals surface area contributed by atoms with E-state index in [0.29, 0.717) is 0 Å². The molecule has 0 spiro atoms. The Morgan fingerprint density at radius 2 is 1.93 bits per heavy atom. The van der Waals surface area contributed by atoms with Crippen LogP contribution in [0.15, 0.2) is 24.3 Å². The van der Waals surface area contributed by atoms with Crippen LogP contribution in [-0.2, 0) is 0 Å². The van der Waals surface area contributed by atoms with Gasteiger partial charge in [0.15, 0.2) is 0 Å². The summed E-state index contributed by atoms with van der Waals surface area (Å²) in [5.74, 6) is -0.192. The fraction of sp³-hybridized carbons (Fsp3) is 0.500. The number of anilines is 1. The molecule has 0 fully saturated rings. The number of benzene rings is 1. The monoisotopic (exact) mass is 210 g/mol. The highest BCUT2D eigenvalue weighted by Gasteiger charge is 1.93. The first-order chi connectivity index (χ1) is 7.33. The summed E-state index contributed by atoms with van der Waals surface area (Å²) in [7, 11) is 0. The molecule has 1 aromatic rings. The van der Waals surface area contributed by atoms with Crippen molar-refractivity contribution in [1.82, 2.24) is 0 Å². The zero-order valence-electron chi connectivity index (χ0n) is 9.01. The molecule has 0 aliphatic carbocycles. The van der Waals surface area contributed by atoms with Gasteiger partial charge in [0.05, 0.1) is 0 Å². The van der Waals surface area contributed by atoms with Crippen molar-refractivity contribution in [2.75, 3.05) is 18.4 Å². The summed E-state index contributed by atoms with van der Waals surface area (Å²) >= 11 is 0. The lowest BCUT2D eigenvalue weighted by Gasteiger charge is -2.05. The van der Waals surface area contributed by atoms with Crippen LogP contribution in [0.25, 0.3) is 0 Å². The first-order valence-corrected chi connectivity index (χ1v) is 5.52. The number of rotatable bonds is 7. The third kappa shape index (κ3) is 5.37. The van der Waals surface area contributed by atoms with Crippen LogP contribution in [0.5, 0.6) is 0 Å². The lowest BCUT2D eigenvalue weighted by Crippen LogP contribution is -2.02. The lowest BCUT2D eigenvalue weighted by atomic mass is 10.2. The van der Waals surface area contributed by atoms with Gasteiger partial charge in [0.2, 0.25) is 0 Å². The summed E-state index contributed by atoms with van der Waals surface area (Å²) in [4.78, 5) is 0. The molecule has 1 aromatic carbocycles. The molecule has 0 unspecified atom stereocenters. The second-order valence-corrected chi connectivity index (χ2v) is 3.64. The number of nitrogens with one attached hydrogen (secondary N) is 1. The van der Waals surface area contributed by atoms with Crippen molar-refractivity contribution < 1.29 is 4.39 Å². The molecule has 1 rings (SSSR count). The van der Waals surface area contributed by atoms with E-state index in [-0.39, 0.29) is 5.82 Å². The van der Waals surface area contributed by atoms with Crippen LogP contribution in [0.4, 0.5) is 10.1 Å². The molecule has 84 valence electrons. The van der Waals surface area contributed by atoms with Gasteiger partial charge >= 0.3 is 0 Å². The van der Waals surface area contributed by atoms with Gasteiger partial charge in [-0.15, -0.1) is 0 Å². The van der Waals surface area contributed by atoms with E-state index in [0.717, 1.165) is 31.6 Å². The molecule has 0 aromatic heterocycles. The van der Waals surface area contributed by atoms with Crippen molar-refractivity contribution in [1.29, 1.82) is 0 Å². The molecule has 15 heavy (non-hydrogen) atoms. The minimum absolute atomic E-state index is 0.192. The molecule has 0 heterocycles. The molecular weight excluding hydrogens is 191 g/mol. The van der Waals surface area contributed by atoms with Gasteiger partial charge in [-0.25, -0.2) is 4.39 Å². The standard InChI is InChI=1S/C12H19FN2/c13-11-6-5-7-12(10-11)15-9-4-2-1-3-8-14/h5-7,10,15H,1-4,8-9,14H2. The maximum atomic E-state index is 12.8. The van der Waals surface area contributed by atoms with Crippen molar-refractivity contribution in [2.45, 2.75) is 25.7 Å². The quantitative estimate of drug-likeness (QED) is 0.679. The van der Waals surface area contributed by atoms with E-state index in [1.54, 1.807) is 6.07 Å². The second kappa shape index (κ2) is 7.23. The molecule has 0 atom stereocenters. The highest BCUT2D eigenvalue weighted by Crippen LogP contribution is 2.09. The van der Waals surface area contributed by atoms with Crippen molar-refractivity contribution in [3.8, 4) is 0 Å². The average molecular weight is 210 g/mol. The fourth-order valence-corrected chi connectivity index (χ4v) is 1.45. The Morgan fingerprint density at radius 1 is 1.13 bits per heavy atom. The minimum atomic E-state index is -0.192. The largest absolute Gasteiger partial charge is 0.385 e. The second-order valence-electron chi connectivity index (χ2n) is 3.64. The third-order valence-corrected chi connectivity index (χ3v) is 2.28. The highest BCUT2D eigenvalue weighted by atomic mass is 19.1. The Hall–Kier alpha value is -1.09. The van der Waals surface area contributed by atoms with Gasteiger partial charge in [-0.05, 0) is 37.6 Å². The Labute approximate surface area is 90.7 Å². The molecule has 0 radical (unpaired) electrons. The summed E-state index contributed by atoms with van der Waals surface area (Å²) in [5, 5.41) is 3.19. The maximum Gasteiger partial charge on any atom is 0.125 e. The van der Waals surface area contributed by atoms with Crippen molar-refractivity contribution in [3.05, 3.63) is 30.1 Å². The molecule has 0 bridgehead atoms. The van der Waals surface area contributed by atoms with E-state index in [4.69, 9.17) is 5.73 Å². The van der Waals surface area contributed by atoms with Crippen molar-refractivity contribution in [2.24, 2.45) is 5.73 Å². The van der Waals surface area contributed by atoms with Gasteiger partial charge < -0.3 is 11.1 Å². The van der Waals surface area contributed by atoms with Crippen LogP contribution in [0.3, 0.4) is 0 Å². The number of hydrogen-bond donors (Lipinski definition) is 2. The predicted octanol–water partition coefficient (Wildman–Crippen LogP) is 2.76. The van der Waals surface area contributed by atoms with Crippen LogP contribution in [0, 0.1) is 5.82 Å². The van der Waals surface area contributed by atoms with Crippen LogP contribution in [0.2, 0.25) is 0 Å². The fourth-order valence-electron chi connectivity index (χ4n) is 1.45. The molecule has 2 nitrogen and oxygen atoms in total.